The Labute approximate surface area is 198 Å². The summed E-state index contributed by atoms with van der Waals surface area (Å²) in [6, 6.07) is 17.0. The first kappa shape index (κ1) is 23.8. The second kappa shape index (κ2) is 9.85. The number of halogens is 5. The molecule has 1 aliphatic rings. The molecule has 1 atom stereocenters. The van der Waals surface area contributed by atoms with Crippen LogP contribution in [0.3, 0.4) is 0 Å². The molecule has 0 spiro atoms. The van der Waals surface area contributed by atoms with Gasteiger partial charge in [-0.3, -0.25) is 4.79 Å². The van der Waals surface area contributed by atoms with E-state index in [1.54, 1.807) is 24.3 Å². The van der Waals surface area contributed by atoms with Crippen LogP contribution in [0, 0.1) is 5.82 Å². The molecule has 1 heterocycles. The SMILES string of the molecule is O=C(c1cccc(F)c1)N(Cc1cccc(C(F)(F)F)c1)C[C@H]1CC(c2ccc(Cl)cc2)=NO1. The average molecular weight is 491 g/mol. The maximum absolute atomic E-state index is 13.7. The molecule has 0 saturated carbocycles. The topological polar surface area (TPSA) is 41.9 Å². The van der Waals surface area contributed by atoms with Crippen LogP contribution in [0.4, 0.5) is 17.6 Å². The van der Waals surface area contributed by atoms with Crippen molar-refractivity contribution in [2.75, 3.05) is 6.54 Å². The smallest absolute Gasteiger partial charge is 0.390 e. The lowest BCUT2D eigenvalue weighted by atomic mass is 10.0. The third-order valence-corrected chi connectivity index (χ3v) is 5.57. The minimum absolute atomic E-state index is 0.0478. The van der Waals surface area contributed by atoms with Gasteiger partial charge in [-0.15, -0.1) is 0 Å². The van der Waals surface area contributed by atoms with Crippen molar-refractivity contribution in [3.63, 3.8) is 0 Å². The van der Waals surface area contributed by atoms with Crippen molar-refractivity contribution < 1.29 is 27.2 Å². The molecule has 0 aliphatic carbocycles. The number of carbonyl (C=O) groups excluding carboxylic acids is 1. The Kier molecular flexibility index (Phi) is 6.88. The normalized spacial score (nSPS) is 15.6. The number of oxime groups is 1. The molecule has 0 unspecified atom stereocenters. The lowest BCUT2D eigenvalue weighted by molar-refractivity contribution is -0.137. The Morgan fingerprint density at radius 3 is 2.50 bits per heavy atom. The van der Waals surface area contributed by atoms with Crippen LogP contribution in [-0.2, 0) is 17.6 Å². The van der Waals surface area contributed by atoms with Crippen molar-refractivity contribution in [1.82, 2.24) is 4.90 Å². The Bertz CT molecular complexity index is 1210. The minimum Gasteiger partial charge on any atom is -0.390 e. The first-order valence-electron chi connectivity index (χ1n) is 10.4. The van der Waals surface area contributed by atoms with Gasteiger partial charge >= 0.3 is 6.18 Å². The molecule has 3 aromatic carbocycles. The molecule has 0 N–H and O–H groups in total. The number of carbonyl (C=O) groups is 1. The Hall–Kier alpha value is -3.39. The molecule has 0 aromatic heterocycles. The zero-order valence-electron chi connectivity index (χ0n) is 17.7. The lowest BCUT2D eigenvalue weighted by Gasteiger charge is -2.25. The van der Waals surface area contributed by atoms with E-state index < -0.39 is 29.6 Å². The largest absolute Gasteiger partial charge is 0.416 e. The van der Waals surface area contributed by atoms with E-state index in [1.807, 2.05) is 0 Å². The van der Waals surface area contributed by atoms with Gasteiger partial charge in [0.05, 0.1) is 17.8 Å². The molecule has 0 fully saturated rings. The summed E-state index contributed by atoms with van der Waals surface area (Å²) < 4.78 is 53.2. The van der Waals surface area contributed by atoms with Crippen molar-refractivity contribution >= 4 is 23.2 Å². The summed E-state index contributed by atoms with van der Waals surface area (Å²) in [5.74, 6) is -1.12. The van der Waals surface area contributed by atoms with Crippen LogP contribution in [0.15, 0.2) is 78.0 Å². The van der Waals surface area contributed by atoms with Crippen molar-refractivity contribution in [2.24, 2.45) is 5.16 Å². The highest BCUT2D eigenvalue weighted by Gasteiger charge is 2.31. The van der Waals surface area contributed by atoms with Crippen molar-refractivity contribution in [3.8, 4) is 0 Å². The maximum Gasteiger partial charge on any atom is 0.416 e. The van der Waals surface area contributed by atoms with Gasteiger partial charge in [-0.05, 0) is 53.6 Å². The lowest BCUT2D eigenvalue weighted by Crippen LogP contribution is -2.37. The first-order chi connectivity index (χ1) is 16.2. The highest BCUT2D eigenvalue weighted by atomic mass is 35.5. The van der Waals surface area contributed by atoms with Crippen LogP contribution in [-0.4, -0.2) is 29.2 Å². The van der Waals surface area contributed by atoms with Crippen LogP contribution in [0.2, 0.25) is 5.02 Å². The fourth-order valence-corrected chi connectivity index (χ4v) is 3.80. The summed E-state index contributed by atoms with van der Waals surface area (Å²) >= 11 is 5.92. The number of hydrogen-bond acceptors (Lipinski definition) is 3. The van der Waals surface area contributed by atoms with Crippen LogP contribution >= 0.6 is 11.6 Å². The molecule has 1 aliphatic heterocycles. The van der Waals surface area contributed by atoms with Crippen LogP contribution in [0.25, 0.3) is 0 Å². The highest BCUT2D eigenvalue weighted by molar-refractivity contribution is 6.30. The van der Waals surface area contributed by atoms with Crippen LogP contribution in [0.5, 0.6) is 0 Å². The summed E-state index contributed by atoms with van der Waals surface area (Å²) in [5.41, 5.74) is 1.04. The van der Waals surface area contributed by atoms with E-state index in [0.717, 1.165) is 23.8 Å². The van der Waals surface area contributed by atoms with Gasteiger partial charge < -0.3 is 9.74 Å². The van der Waals surface area contributed by atoms with Gasteiger partial charge in [-0.2, -0.15) is 13.2 Å². The number of rotatable bonds is 6. The van der Waals surface area contributed by atoms with Gasteiger partial charge in [0.2, 0.25) is 0 Å². The fraction of sp³-hybridized carbons (Fsp3) is 0.200. The molecule has 0 saturated heterocycles. The maximum atomic E-state index is 13.7. The van der Waals surface area contributed by atoms with E-state index in [-0.39, 0.29) is 24.2 Å². The van der Waals surface area contributed by atoms with Crippen molar-refractivity contribution in [2.45, 2.75) is 25.2 Å². The van der Waals surface area contributed by atoms with Gasteiger partial charge in [0.15, 0.2) is 6.10 Å². The molecule has 9 heteroatoms. The molecular weight excluding hydrogens is 472 g/mol. The predicted molar refractivity (Wildman–Crippen MR) is 120 cm³/mol. The number of hydrogen-bond donors (Lipinski definition) is 0. The molecular formula is C25H19ClF4N2O2. The second-order valence-corrected chi connectivity index (χ2v) is 8.31. The third-order valence-electron chi connectivity index (χ3n) is 5.32. The summed E-state index contributed by atoms with van der Waals surface area (Å²) in [7, 11) is 0. The molecule has 4 rings (SSSR count). The van der Waals surface area contributed by atoms with E-state index in [9.17, 15) is 22.4 Å². The van der Waals surface area contributed by atoms with Gasteiger partial charge in [0, 0.05) is 23.6 Å². The number of nitrogens with zero attached hydrogens (tertiary/aromatic N) is 2. The standard InChI is InChI=1S/C25H19ClF4N2O2/c26-20-9-7-17(8-10-20)23-13-22(34-31-23)15-32(24(33)18-4-2-6-21(27)12-18)14-16-3-1-5-19(11-16)25(28,29)30/h1-12,22H,13-15H2/t22-/m1/s1. The third kappa shape index (κ3) is 5.75. The molecule has 4 nitrogen and oxygen atoms in total. The van der Waals surface area contributed by atoms with Gasteiger partial charge in [0.1, 0.15) is 5.82 Å². The van der Waals surface area contributed by atoms with E-state index >= 15 is 0 Å². The molecule has 176 valence electrons. The van der Waals surface area contributed by atoms with Crippen LogP contribution in [0.1, 0.15) is 33.5 Å². The van der Waals surface area contributed by atoms with E-state index in [1.165, 1.54) is 35.2 Å². The Morgan fingerprint density at radius 1 is 1.06 bits per heavy atom. The number of benzene rings is 3. The van der Waals surface area contributed by atoms with E-state index in [0.29, 0.717) is 17.2 Å². The molecule has 34 heavy (non-hydrogen) atoms. The summed E-state index contributed by atoms with van der Waals surface area (Å²) in [4.78, 5) is 20.0. The van der Waals surface area contributed by atoms with Gasteiger partial charge in [-0.1, -0.05) is 47.1 Å². The summed E-state index contributed by atoms with van der Waals surface area (Å²) in [6.45, 7) is -0.0679. The van der Waals surface area contributed by atoms with E-state index in [2.05, 4.69) is 5.16 Å². The Balaban J connectivity index is 1.55. The second-order valence-electron chi connectivity index (χ2n) is 7.87. The van der Waals surface area contributed by atoms with Gasteiger partial charge in [-0.25, -0.2) is 4.39 Å². The highest BCUT2D eigenvalue weighted by Crippen LogP contribution is 2.30. The molecule has 0 radical (unpaired) electrons. The van der Waals surface area contributed by atoms with Crippen molar-refractivity contribution in [3.05, 3.63) is 106 Å². The van der Waals surface area contributed by atoms with E-state index in [4.69, 9.17) is 16.4 Å². The zero-order valence-corrected chi connectivity index (χ0v) is 18.5. The Morgan fingerprint density at radius 2 is 1.79 bits per heavy atom. The first-order valence-corrected chi connectivity index (χ1v) is 10.8. The number of alkyl halides is 3. The molecule has 3 aromatic rings. The number of amides is 1. The van der Waals surface area contributed by atoms with Crippen molar-refractivity contribution in [1.29, 1.82) is 0 Å². The summed E-state index contributed by atoms with van der Waals surface area (Å²) in [5, 5.41) is 4.67. The quantitative estimate of drug-likeness (QED) is 0.379. The zero-order chi connectivity index (χ0) is 24.3. The monoisotopic (exact) mass is 490 g/mol. The molecule has 1 amide bonds. The molecule has 0 bridgehead atoms. The predicted octanol–water partition coefficient (Wildman–Crippen LogP) is 6.33. The van der Waals surface area contributed by atoms with Gasteiger partial charge in [0.25, 0.3) is 5.91 Å². The summed E-state index contributed by atoms with van der Waals surface area (Å²) in [6.07, 6.45) is -4.64. The fourth-order valence-electron chi connectivity index (χ4n) is 3.67. The van der Waals surface area contributed by atoms with Crippen LogP contribution < -0.4 is 0 Å². The average Bonchev–Trinajstić information content (AvgIpc) is 3.27. The minimum atomic E-state index is -4.51.